The second-order valence-corrected chi connectivity index (χ2v) is 6.12. The van der Waals surface area contributed by atoms with Crippen LogP contribution in [-0.4, -0.2) is 25.1 Å². The highest BCUT2D eigenvalue weighted by Crippen LogP contribution is 2.27. The highest BCUT2D eigenvalue weighted by atomic mass is 19.1. The van der Waals surface area contributed by atoms with Gasteiger partial charge in [-0.25, -0.2) is 4.39 Å². The smallest absolute Gasteiger partial charge is 0.253 e. The molecule has 3 rings (SSSR count). The largest absolute Gasteiger partial charge is 0.490 e. The first-order chi connectivity index (χ1) is 11.5. The fourth-order valence-corrected chi connectivity index (χ4v) is 3.04. The molecule has 126 valence electrons. The zero-order valence-corrected chi connectivity index (χ0v) is 13.7. The minimum absolute atomic E-state index is 0.0320. The molecule has 1 aliphatic rings. The van der Waals surface area contributed by atoms with Crippen LogP contribution in [0.5, 0.6) is 5.75 Å². The zero-order valence-electron chi connectivity index (χ0n) is 13.7. The summed E-state index contributed by atoms with van der Waals surface area (Å²) in [6.07, 6.45) is 1.74. The number of carbonyl (C=O) groups excluding carboxylic acids is 1. The number of piperidine rings is 1. The van der Waals surface area contributed by atoms with Crippen LogP contribution in [0.25, 0.3) is 0 Å². The van der Waals surface area contributed by atoms with Crippen molar-refractivity contribution >= 4 is 11.6 Å². The number of primary amides is 1. The van der Waals surface area contributed by atoms with E-state index in [0.29, 0.717) is 18.8 Å². The molecule has 1 heterocycles. The third kappa shape index (κ3) is 3.50. The lowest BCUT2D eigenvalue weighted by atomic mass is 10.0. The number of benzene rings is 2. The molecule has 0 aliphatic carbocycles. The van der Waals surface area contributed by atoms with Gasteiger partial charge in [0.15, 0.2) is 0 Å². The van der Waals surface area contributed by atoms with Crippen molar-refractivity contribution in [3.8, 4) is 5.75 Å². The third-order valence-corrected chi connectivity index (χ3v) is 4.34. The molecule has 4 nitrogen and oxygen atoms in total. The van der Waals surface area contributed by atoms with Crippen molar-refractivity contribution < 1.29 is 13.9 Å². The average molecular weight is 328 g/mol. The molecule has 1 saturated heterocycles. The summed E-state index contributed by atoms with van der Waals surface area (Å²) < 4.78 is 19.9. The van der Waals surface area contributed by atoms with Crippen LogP contribution >= 0.6 is 0 Å². The Morgan fingerprint density at radius 3 is 2.46 bits per heavy atom. The molecule has 1 fully saturated rings. The van der Waals surface area contributed by atoms with Crippen LogP contribution in [0.2, 0.25) is 0 Å². The van der Waals surface area contributed by atoms with E-state index >= 15 is 0 Å². The fraction of sp³-hybridized carbons (Fsp3) is 0.316. The van der Waals surface area contributed by atoms with Crippen molar-refractivity contribution in [2.75, 3.05) is 18.0 Å². The molecular weight excluding hydrogens is 307 g/mol. The molecule has 1 amide bonds. The lowest BCUT2D eigenvalue weighted by Crippen LogP contribution is -2.39. The second kappa shape index (κ2) is 6.91. The van der Waals surface area contributed by atoms with Crippen molar-refractivity contribution in [1.82, 2.24) is 0 Å². The number of ether oxygens (including phenoxy) is 1. The number of aryl methyl sites for hydroxylation is 1. The summed E-state index contributed by atoms with van der Waals surface area (Å²) >= 11 is 0. The van der Waals surface area contributed by atoms with Gasteiger partial charge in [0.05, 0.1) is 11.3 Å². The van der Waals surface area contributed by atoms with Gasteiger partial charge in [0.1, 0.15) is 17.7 Å². The third-order valence-electron chi connectivity index (χ3n) is 4.34. The predicted octanol–water partition coefficient (Wildman–Crippen LogP) is 3.28. The highest BCUT2D eigenvalue weighted by Gasteiger charge is 2.24. The normalized spacial score (nSPS) is 15.3. The summed E-state index contributed by atoms with van der Waals surface area (Å²) in [5, 5.41) is 0. The summed E-state index contributed by atoms with van der Waals surface area (Å²) in [6.45, 7) is 3.43. The molecule has 0 unspecified atom stereocenters. The Labute approximate surface area is 141 Å². The molecule has 5 heteroatoms. The van der Waals surface area contributed by atoms with Crippen LogP contribution in [0.4, 0.5) is 10.1 Å². The number of halogens is 1. The zero-order chi connectivity index (χ0) is 17.1. The molecule has 0 spiro atoms. The van der Waals surface area contributed by atoms with Gasteiger partial charge in [-0.1, -0.05) is 23.8 Å². The number of nitrogens with zero attached hydrogens (tertiary/aromatic N) is 1. The monoisotopic (exact) mass is 328 g/mol. The van der Waals surface area contributed by atoms with Crippen LogP contribution in [0.1, 0.15) is 28.8 Å². The molecule has 0 saturated carbocycles. The number of amides is 1. The molecule has 2 aromatic carbocycles. The highest BCUT2D eigenvalue weighted by molar-refractivity contribution is 5.99. The molecule has 2 N–H and O–H groups in total. The first-order valence-corrected chi connectivity index (χ1v) is 8.11. The summed E-state index contributed by atoms with van der Waals surface area (Å²) in [4.78, 5) is 13.5. The van der Waals surface area contributed by atoms with Crippen LogP contribution in [0.3, 0.4) is 0 Å². The van der Waals surface area contributed by atoms with E-state index in [4.69, 9.17) is 10.5 Å². The number of hydrogen-bond acceptors (Lipinski definition) is 3. The Morgan fingerprint density at radius 2 is 1.83 bits per heavy atom. The SMILES string of the molecule is Cc1ccc(OC2CCN(c3cccc(F)c3C(N)=O)CC2)cc1. The maximum atomic E-state index is 13.9. The number of carbonyl (C=O) groups is 1. The van der Waals surface area contributed by atoms with Gasteiger partial charge < -0.3 is 15.4 Å². The summed E-state index contributed by atoms with van der Waals surface area (Å²) in [5.74, 6) is -0.443. The lowest BCUT2D eigenvalue weighted by Gasteiger charge is -2.34. The summed E-state index contributed by atoms with van der Waals surface area (Å²) in [6, 6.07) is 12.6. The van der Waals surface area contributed by atoms with Gasteiger partial charge >= 0.3 is 0 Å². The van der Waals surface area contributed by atoms with Crippen LogP contribution in [-0.2, 0) is 0 Å². The quantitative estimate of drug-likeness (QED) is 0.937. The van der Waals surface area contributed by atoms with E-state index in [1.807, 2.05) is 36.1 Å². The van der Waals surface area contributed by atoms with Crippen molar-refractivity contribution in [1.29, 1.82) is 0 Å². The first kappa shape index (κ1) is 16.3. The van der Waals surface area contributed by atoms with Gasteiger partial charge in [0.25, 0.3) is 5.91 Å². The predicted molar refractivity (Wildman–Crippen MR) is 92.0 cm³/mol. The molecule has 0 aromatic heterocycles. The fourth-order valence-electron chi connectivity index (χ4n) is 3.04. The Hall–Kier alpha value is -2.56. The van der Waals surface area contributed by atoms with E-state index in [9.17, 15) is 9.18 Å². The van der Waals surface area contributed by atoms with Crippen LogP contribution < -0.4 is 15.4 Å². The van der Waals surface area contributed by atoms with Gasteiger partial charge in [-0.3, -0.25) is 4.79 Å². The maximum absolute atomic E-state index is 13.9. The molecule has 0 radical (unpaired) electrons. The minimum atomic E-state index is -0.735. The van der Waals surface area contributed by atoms with Crippen molar-refractivity contribution in [2.24, 2.45) is 5.73 Å². The van der Waals surface area contributed by atoms with E-state index in [0.717, 1.165) is 18.6 Å². The molecule has 1 aliphatic heterocycles. The van der Waals surface area contributed by atoms with E-state index in [1.165, 1.54) is 11.6 Å². The van der Waals surface area contributed by atoms with E-state index < -0.39 is 11.7 Å². The number of rotatable bonds is 4. The molecule has 24 heavy (non-hydrogen) atoms. The Kier molecular flexibility index (Phi) is 4.69. The molecule has 2 aromatic rings. The van der Waals surface area contributed by atoms with E-state index in [-0.39, 0.29) is 11.7 Å². The summed E-state index contributed by atoms with van der Waals surface area (Å²) in [5.41, 5.74) is 7.06. The maximum Gasteiger partial charge on any atom is 0.253 e. The lowest BCUT2D eigenvalue weighted by molar-refractivity contribution is 0.0997. The van der Waals surface area contributed by atoms with Gasteiger partial charge in [-0.15, -0.1) is 0 Å². The van der Waals surface area contributed by atoms with Gasteiger partial charge in [0.2, 0.25) is 0 Å². The number of nitrogens with two attached hydrogens (primary N) is 1. The topological polar surface area (TPSA) is 55.6 Å². The number of hydrogen-bond donors (Lipinski definition) is 1. The molecular formula is C19H21FN2O2. The Balaban J connectivity index is 1.66. The molecule has 0 bridgehead atoms. The molecule has 0 atom stereocenters. The van der Waals surface area contributed by atoms with Crippen molar-refractivity contribution in [3.63, 3.8) is 0 Å². The van der Waals surface area contributed by atoms with Gasteiger partial charge in [0, 0.05) is 25.9 Å². The van der Waals surface area contributed by atoms with Crippen molar-refractivity contribution in [2.45, 2.75) is 25.9 Å². The summed E-state index contributed by atoms with van der Waals surface area (Å²) in [7, 11) is 0. The second-order valence-electron chi connectivity index (χ2n) is 6.12. The Morgan fingerprint density at radius 1 is 1.17 bits per heavy atom. The van der Waals surface area contributed by atoms with E-state index in [2.05, 4.69) is 0 Å². The van der Waals surface area contributed by atoms with Crippen LogP contribution in [0, 0.1) is 12.7 Å². The average Bonchev–Trinajstić information content (AvgIpc) is 2.57. The van der Waals surface area contributed by atoms with Crippen molar-refractivity contribution in [3.05, 3.63) is 59.4 Å². The minimum Gasteiger partial charge on any atom is -0.490 e. The standard InChI is InChI=1S/C19H21FN2O2/c1-13-5-7-14(8-6-13)24-15-9-11-22(12-10-15)17-4-2-3-16(20)18(17)19(21)23/h2-8,15H,9-12H2,1H3,(H2,21,23). The Bertz CT molecular complexity index is 723. The van der Waals surface area contributed by atoms with Gasteiger partial charge in [-0.05, 0) is 31.2 Å². The van der Waals surface area contributed by atoms with E-state index in [1.54, 1.807) is 12.1 Å². The van der Waals surface area contributed by atoms with Gasteiger partial charge in [-0.2, -0.15) is 0 Å². The first-order valence-electron chi connectivity index (χ1n) is 8.11. The van der Waals surface area contributed by atoms with Crippen LogP contribution in [0.15, 0.2) is 42.5 Å². The number of anilines is 1.